The molecule has 0 bridgehead atoms. The Morgan fingerprint density at radius 1 is 1.56 bits per heavy atom. The van der Waals surface area contributed by atoms with Crippen LogP contribution in [0.4, 0.5) is 0 Å². The van der Waals surface area contributed by atoms with Gasteiger partial charge < -0.3 is 20.3 Å². The summed E-state index contributed by atoms with van der Waals surface area (Å²) >= 11 is 1.42. The predicted molar refractivity (Wildman–Crippen MR) is 95.3 cm³/mol. The number of hydrogen-bond donors (Lipinski definition) is 2. The van der Waals surface area contributed by atoms with Crippen molar-refractivity contribution in [2.45, 2.75) is 63.4 Å². The second kappa shape index (κ2) is 7.29. The number of esters is 1. The zero-order valence-corrected chi connectivity index (χ0v) is 15.6. The molecule has 0 aromatic carbocycles. The number of carbonyl (C=O) groups is 2. The molecule has 140 valence electrons. The highest BCUT2D eigenvalue weighted by molar-refractivity contribution is 7.99. The minimum absolute atomic E-state index is 0.00969. The zero-order valence-electron chi connectivity index (χ0n) is 14.8. The molecule has 1 aliphatic carbocycles. The van der Waals surface area contributed by atoms with Gasteiger partial charge in [-0.15, -0.1) is 0 Å². The standard InChI is InChI=1S/C18H27NO5S/c1-10-4-3-7-18(2)15(24-18)14-11(6-5-10)12(17(22)23-14)8-25-9-13(19)16(20)21/h4,11-15H,3,5-9,19H2,1-2H3,(H,20,21)/b10-4+/t11-,12-,13-,14-,15-,18+/m0/s1. The average Bonchev–Trinajstić information content (AvgIpc) is 3.11. The van der Waals surface area contributed by atoms with E-state index >= 15 is 0 Å². The van der Waals surface area contributed by atoms with Crippen molar-refractivity contribution >= 4 is 23.7 Å². The Labute approximate surface area is 152 Å². The summed E-state index contributed by atoms with van der Waals surface area (Å²) in [6.45, 7) is 4.23. The zero-order chi connectivity index (χ0) is 18.2. The lowest BCUT2D eigenvalue weighted by molar-refractivity contribution is -0.144. The normalized spacial score (nSPS) is 40.9. The first-order chi connectivity index (χ1) is 11.8. The highest BCUT2D eigenvalue weighted by Crippen LogP contribution is 2.50. The van der Waals surface area contributed by atoms with Gasteiger partial charge in [0.1, 0.15) is 18.2 Å². The van der Waals surface area contributed by atoms with Gasteiger partial charge in [-0.1, -0.05) is 11.6 Å². The van der Waals surface area contributed by atoms with Gasteiger partial charge in [0.25, 0.3) is 0 Å². The number of fused-ring (bicyclic) bond motifs is 3. The molecule has 2 heterocycles. The Morgan fingerprint density at radius 2 is 2.32 bits per heavy atom. The van der Waals surface area contributed by atoms with Gasteiger partial charge >= 0.3 is 11.9 Å². The quantitative estimate of drug-likeness (QED) is 0.434. The summed E-state index contributed by atoms with van der Waals surface area (Å²) in [5, 5.41) is 8.88. The summed E-state index contributed by atoms with van der Waals surface area (Å²) in [5.74, 6) is -0.433. The lowest BCUT2D eigenvalue weighted by Gasteiger charge is -2.22. The molecule has 0 amide bonds. The van der Waals surface area contributed by atoms with E-state index < -0.39 is 12.0 Å². The Kier molecular flexibility index (Phi) is 5.46. The maximum Gasteiger partial charge on any atom is 0.321 e. The van der Waals surface area contributed by atoms with E-state index in [1.54, 1.807) is 0 Å². The Morgan fingerprint density at radius 3 is 3.04 bits per heavy atom. The lowest BCUT2D eigenvalue weighted by atomic mass is 9.81. The van der Waals surface area contributed by atoms with Crippen molar-refractivity contribution in [1.29, 1.82) is 0 Å². The molecule has 6 nitrogen and oxygen atoms in total. The van der Waals surface area contributed by atoms with Crippen LogP contribution in [0.5, 0.6) is 0 Å². The highest BCUT2D eigenvalue weighted by Gasteiger charge is 2.62. The fourth-order valence-corrected chi connectivity index (χ4v) is 5.09. The first-order valence-electron chi connectivity index (χ1n) is 8.92. The number of nitrogens with two attached hydrogens (primary N) is 1. The maximum atomic E-state index is 12.4. The summed E-state index contributed by atoms with van der Waals surface area (Å²) in [7, 11) is 0. The molecular formula is C18H27NO5S. The summed E-state index contributed by atoms with van der Waals surface area (Å²) in [4.78, 5) is 23.3. The second-order valence-corrected chi connectivity index (χ2v) is 8.71. The van der Waals surface area contributed by atoms with Gasteiger partial charge in [-0.25, -0.2) is 0 Å². The number of aliphatic carboxylic acids is 1. The number of carboxylic acid groups (broad SMARTS) is 1. The molecule has 7 heteroatoms. The number of allylic oxidation sites excluding steroid dienone is 2. The van der Waals surface area contributed by atoms with Crippen molar-refractivity contribution < 1.29 is 24.2 Å². The number of ether oxygens (including phenoxy) is 2. The van der Waals surface area contributed by atoms with Crippen LogP contribution in [0.2, 0.25) is 0 Å². The first-order valence-corrected chi connectivity index (χ1v) is 10.1. The number of hydrogen-bond acceptors (Lipinski definition) is 6. The van der Waals surface area contributed by atoms with Crippen LogP contribution >= 0.6 is 11.8 Å². The lowest BCUT2D eigenvalue weighted by Crippen LogP contribution is -2.33. The molecule has 2 aliphatic heterocycles. The molecule has 2 saturated heterocycles. The highest BCUT2D eigenvalue weighted by atomic mass is 32.2. The summed E-state index contributed by atoms with van der Waals surface area (Å²) in [5.41, 5.74) is 6.71. The predicted octanol–water partition coefficient (Wildman–Crippen LogP) is 1.97. The largest absolute Gasteiger partial charge is 0.480 e. The molecule has 0 aromatic heterocycles. The van der Waals surface area contributed by atoms with E-state index in [4.69, 9.17) is 20.3 Å². The molecule has 0 saturated carbocycles. The fourth-order valence-electron chi connectivity index (χ4n) is 3.92. The van der Waals surface area contributed by atoms with E-state index in [1.807, 2.05) is 0 Å². The molecule has 0 unspecified atom stereocenters. The molecule has 2 fully saturated rings. The summed E-state index contributed by atoms with van der Waals surface area (Å²) < 4.78 is 11.7. The van der Waals surface area contributed by atoms with Crippen molar-refractivity contribution in [2.24, 2.45) is 17.6 Å². The van der Waals surface area contributed by atoms with Crippen LogP contribution < -0.4 is 5.73 Å². The minimum Gasteiger partial charge on any atom is -0.480 e. The first kappa shape index (κ1) is 18.7. The molecule has 25 heavy (non-hydrogen) atoms. The molecule has 0 spiro atoms. The Balaban J connectivity index is 1.68. The minimum atomic E-state index is -1.01. The van der Waals surface area contributed by atoms with E-state index in [-0.39, 0.29) is 35.6 Å². The maximum absolute atomic E-state index is 12.4. The third-order valence-electron chi connectivity index (χ3n) is 5.65. The van der Waals surface area contributed by atoms with Gasteiger partial charge in [0, 0.05) is 17.4 Å². The third-order valence-corrected chi connectivity index (χ3v) is 6.84. The van der Waals surface area contributed by atoms with Crippen LogP contribution in [-0.2, 0) is 19.1 Å². The van der Waals surface area contributed by atoms with E-state index in [2.05, 4.69) is 19.9 Å². The van der Waals surface area contributed by atoms with Crippen LogP contribution in [0, 0.1) is 11.8 Å². The summed E-state index contributed by atoms with van der Waals surface area (Å²) in [6, 6.07) is -0.900. The molecule has 0 radical (unpaired) electrons. The van der Waals surface area contributed by atoms with Crippen molar-refractivity contribution in [3.05, 3.63) is 11.6 Å². The molecular weight excluding hydrogens is 342 g/mol. The van der Waals surface area contributed by atoms with Crippen LogP contribution in [0.25, 0.3) is 0 Å². The number of rotatable bonds is 5. The van der Waals surface area contributed by atoms with E-state index in [9.17, 15) is 9.59 Å². The van der Waals surface area contributed by atoms with Crippen LogP contribution in [0.3, 0.4) is 0 Å². The van der Waals surface area contributed by atoms with Crippen molar-refractivity contribution in [1.82, 2.24) is 0 Å². The van der Waals surface area contributed by atoms with E-state index in [0.717, 1.165) is 25.7 Å². The molecule has 3 N–H and O–H groups in total. The molecule has 0 aromatic rings. The van der Waals surface area contributed by atoms with Crippen LogP contribution in [-0.4, -0.2) is 52.4 Å². The van der Waals surface area contributed by atoms with Gasteiger partial charge in [-0.05, 0) is 39.5 Å². The second-order valence-electron chi connectivity index (χ2n) is 7.63. The summed E-state index contributed by atoms with van der Waals surface area (Å²) in [6.07, 6.45) is 5.88. The van der Waals surface area contributed by atoms with Crippen molar-refractivity contribution in [2.75, 3.05) is 11.5 Å². The van der Waals surface area contributed by atoms with E-state index in [1.165, 1.54) is 17.3 Å². The molecule has 6 atom stereocenters. The fraction of sp³-hybridized carbons (Fsp3) is 0.778. The van der Waals surface area contributed by atoms with Gasteiger partial charge in [-0.2, -0.15) is 11.8 Å². The number of carboxylic acids is 1. The van der Waals surface area contributed by atoms with Crippen LogP contribution in [0.1, 0.15) is 39.5 Å². The Bertz CT molecular complexity index is 580. The smallest absolute Gasteiger partial charge is 0.321 e. The number of carbonyl (C=O) groups excluding carboxylic acids is 1. The van der Waals surface area contributed by atoms with Gasteiger partial charge in [0.2, 0.25) is 0 Å². The monoisotopic (exact) mass is 369 g/mol. The van der Waals surface area contributed by atoms with Gasteiger partial charge in [0.05, 0.1) is 11.5 Å². The van der Waals surface area contributed by atoms with Crippen LogP contribution in [0.15, 0.2) is 11.6 Å². The number of epoxide rings is 1. The average molecular weight is 369 g/mol. The van der Waals surface area contributed by atoms with Gasteiger partial charge in [0.15, 0.2) is 0 Å². The van der Waals surface area contributed by atoms with Crippen molar-refractivity contribution in [3.8, 4) is 0 Å². The number of thioether (sulfide) groups is 1. The van der Waals surface area contributed by atoms with E-state index in [0.29, 0.717) is 11.5 Å². The van der Waals surface area contributed by atoms with Crippen molar-refractivity contribution in [3.63, 3.8) is 0 Å². The third kappa shape index (κ3) is 4.04. The van der Waals surface area contributed by atoms with Gasteiger partial charge in [-0.3, -0.25) is 9.59 Å². The Hall–Kier alpha value is -1.05. The SMILES string of the molecule is C/C1=C\CC[C@@]2(C)O[C@H]2[C@H]2OC(=O)[C@@H](CSC[C@H](N)C(=O)O)[C@@H]2CC1. The molecule has 3 aliphatic rings. The topological polar surface area (TPSA) is 102 Å². The molecule has 3 rings (SSSR count).